The van der Waals surface area contributed by atoms with Crippen molar-refractivity contribution >= 4 is 17.9 Å². The summed E-state index contributed by atoms with van der Waals surface area (Å²) in [6.07, 6.45) is 0.776. The van der Waals surface area contributed by atoms with Crippen LogP contribution in [-0.4, -0.2) is 12.2 Å². The van der Waals surface area contributed by atoms with Crippen LogP contribution in [0.2, 0.25) is 0 Å². The normalized spacial score (nSPS) is 10.4. The summed E-state index contributed by atoms with van der Waals surface area (Å²) in [6, 6.07) is 16.1. The van der Waals surface area contributed by atoms with Gasteiger partial charge in [-0.15, -0.1) is 0 Å². The molecular weight excluding hydrogens is 330 g/mol. The van der Waals surface area contributed by atoms with Gasteiger partial charge in [0.2, 0.25) is 0 Å². The Bertz CT molecular complexity index is 908. The van der Waals surface area contributed by atoms with Gasteiger partial charge in [0.15, 0.2) is 5.76 Å². The maximum Gasteiger partial charge on any atom is 0.291 e. The van der Waals surface area contributed by atoms with E-state index in [1.807, 2.05) is 38.1 Å². The summed E-state index contributed by atoms with van der Waals surface area (Å²) in [4.78, 5) is 23.1. The smallest absolute Gasteiger partial charge is 0.291 e. The first-order chi connectivity index (χ1) is 12.5. The van der Waals surface area contributed by atoms with E-state index in [0.717, 1.165) is 17.4 Å². The number of furan rings is 1. The molecule has 0 fully saturated rings. The Balaban J connectivity index is 1.64. The van der Waals surface area contributed by atoms with Gasteiger partial charge in [0.25, 0.3) is 5.91 Å². The number of aryl methyl sites for hydroxylation is 2. The fourth-order valence-corrected chi connectivity index (χ4v) is 2.47. The minimum Gasteiger partial charge on any atom is -0.486 e. The first-order valence-electron chi connectivity index (χ1n) is 8.20. The van der Waals surface area contributed by atoms with Crippen molar-refractivity contribution in [1.29, 1.82) is 0 Å². The summed E-state index contributed by atoms with van der Waals surface area (Å²) in [5.41, 5.74) is 3.16. The third kappa shape index (κ3) is 4.19. The average molecular weight is 349 g/mol. The molecule has 1 N–H and O–H groups in total. The number of aldehydes is 1. The van der Waals surface area contributed by atoms with Gasteiger partial charge >= 0.3 is 0 Å². The van der Waals surface area contributed by atoms with E-state index >= 15 is 0 Å². The number of carbonyl (C=O) groups excluding carboxylic acids is 2. The molecule has 0 aliphatic heterocycles. The van der Waals surface area contributed by atoms with Crippen molar-refractivity contribution in [2.24, 2.45) is 0 Å². The SMILES string of the molecule is Cc1ccc(NC(=O)c2oc(COc3ccc(C=O)cc3)cc2C)cc1. The highest BCUT2D eigenvalue weighted by Gasteiger charge is 2.16. The van der Waals surface area contributed by atoms with Crippen molar-refractivity contribution in [2.75, 3.05) is 5.32 Å². The van der Waals surface area contributed by atoms with Crippen LogP contribution in [-0.2, 0) is 6.61 Å². The van der Waals surface area contributed by atoms with Gasteiger partial charge in [-0.25, -0.2) is 0 Å². The van der Waals surface area contributed by atoms with Crippen molar-refractivity contribution in [3.63, 3.8) is 0 Å². The molecule has 1 heterocycles. The van der Waals surface area contributed by atoms with Gasteiger partial charge in [0.05, 0.1) is 0 Å². The van der Waals surface area contributed by atoms with E-state index in [0.29, 0.717) is 22.8 Å². The molecular formula is C21H19NO4. The Morgan fingerprint density at radius 1 is 1.08 bits per heavy atom. The van der Waals surface area contributed by atoms with Crippen LogP contribution in [0.15, 0.2) is 59.0 Å². The number of benzene rings is 2. The lowest BCUT2D eigenvalue weighted by Crippen LogP contribution is -2.12. The van der Waals surface area contributed by atoms with E-state index in [1.165, 1.54) is 0 Å². The van der Waals surface area contributed by atoms with Gasteiger partial charge < -0.3 is 14.5 Å². The maximum atomic E-state index is 12.4. The standard InChI is InChI=1S/C21H19NO4/c1-14-3-7-17(8-4-14)22-21(24)20-15(2)11-19(26-20)13-25-18-9-5-16(12-23)6-10-18/h3-12H,13H2,1-2H3,(H,22,24). The molecule has 0 aliphatic rings. The van der Waals surface area contributed by atoms with Crippen molar-refractivity contribution in [2.45, 2.75) is 20.5 Å². The summed E-state index contributed by atoms with van der Waals surface area (Å²) in [5, 5.41) is 2.82. The van der Waals surface area contributed by atoms with E-state index < -0.39 is 0 Å². The van der Waals surface area contributed by atoms with Crippen LogP contribution >= 0.6 is 0 Å². The molecule has 2 aromatic carbocycles. The minimum atomic E-state index is -0.298. The van der Waals surface area contributed by atoms with Crippen molar-refractivity contribution in [3.05, 3.63) is 82.8 Å². The number of nitrogens with one attached hydrogen (secondary N) is 1. The van der Waals surface area contributed by atoms with E-state index in [2.05, 4.69) is 5.32 Å². The van der Waals surface area contributed by atoms with Crippen LogP contribution in [0.1, 0.15) is 37.8 Å². The lowest BCUT2D eigenvalue weighted by molar-refractivity contribution is 0.0991. The molecule has 0 spiro atoms. The van der Waals surface area contributed by atoms with Crippen LogP contribution in [0.4, 0.5) is 5.69 Å². The monoisotopic (exact) mass is 349 g/mol. The second kappa shape index (κ2) is 7.70. The molecule has 26 heavy (non-hydrogen) atoms. The quantitative estimate of drug-likeness (QED) is 0.663. The predicted molar refractivity (Wildman–Crippen MR) is 98.7 cm³/mol. The molecule has 5 nitrogen and oxygen atoms in total. The zero-order valence-electron chi connectivity index (χ0n) is 14.6. The molecule has 0 bridgehead atoms. The van der Waals surface area contributed by atoms with Crippen molar-refractivity contribution in [1.82, 2.24) is 0 Å². The number of amides is 1. The number of anilines is 1. The van der Waals surface area contributed by atoms with Crippen LogP contribution < -0.4 is 10.1 Å². The molecule has 0 atom stereocenters. The van der Waals surface area contributed by atoms with Crippen LogP contribution in [0.5, 0.6) is 5.75 Å². The minimum absolute atomic E-state index is 0.194. The zero-order chi connectivity index (χ0) is 18.5. The predicted octanol–water partition coefficient (Wildman–Crippen LogP) is 4.54. The number of hydrogen-bond donors (Lipinski definition) is 1. The summed E-state index contributed by atoms with van der Waals surface area (Å²) >= 11 is 0. The van der Waals surface area contributed by atoms with Gasteiger partial charge in [0, 0.05) is 16.8 Å². The topological polar surface area (TPSA) is 68.5 Å². The Morgan fingerprint density at radius 2 is 1.77 bits per heavy atom. The Hall–Kier alpha value is -3.34. The highest BCUT2D eigenvalue weighted by atomic mass is 16.5. The highest BCUT2D eigenvalue weighted by Crippen LogP contribution is 2.20. The van der Waals surface area contributed by atoms with E-state index in [1.54, 1.807) is 30.3 Å². The fourth-order valence-electron chi connectivity index (χ4n) is 2.47. The molecule has 1 amide bonds. The second-order valence-electron chi connectivity index (χ2n) is 6.02. The third-order valence-corrected chi connectivity index (χ3v) is 3.88. The first-order valence-corrected chi connectivity index (χ1v) is 8.20. The first kappa shape index (κ1) is 17.5. The zero-order valence-corrected chi connectivity index (χ0v) is 14.6. The summed E-state index contributed by atoms with van der Waals surface area (Å²) in [7, 11) is 0. The molecule has 0 saturated heterocycles. The maximum absolute atomic E-state index is 12.4. The van der Waals surface area contributed by atoms with Crippen LogP contribution in [0.3, 0.4) is 0 Å². The number of ether oxygens (including phenoxy) is 1. The molecule has 0 aliphatic carbocycles. The van der Waals surface area contributed by atoms with Crippen LogP contribution in [0, 0.1) is 13.8 Å². The largest absolute Gasteiger partial charge is 0.486 e. The van der Waals surface area contributed by atoms with Crippen molar-refractivity contribution in [3.8, 4) is 5.75 Å². The molecule has 3 rings (SSSR count). The highest BCUT2D eigenvalue weighted by molar-refractivity contribution is 6.03. The molecule has 0 saturated carbocycles. The molecule has 3 aromatic rings. The van der Waals surface area contributed by atoms with E-state index in [4.69, 9.17) is 9.15 Å². The Labute approximate surface area is 151 Å². The van der Waals surface area contributed by atoms with Crippen molar-refractivity contribution < 1.29 is 18.7 Å². The Kier molecular flexibility index (Phi) is 5.17. The molecule has 0 unspecified atom stereocenters. The number of carbonyl (C=O) groups is 2. The van der Waals surface area contributed by atoms with Gasteiger partial charge in [0.1, 0.15) is 24.4 Å². The van der Waals surface area contributed by atoms with Crippen LogP contribution in [0.25, 0.3) is 0 Å². The van der Waals surface area contributed by atoms with Gasteiger partial charge in [-0.2, -0.15) is 0 Å². The molecule has 0 radical (unpaired) electrons. The molecule has 5 heteroatoms. The van der Waals surface area contributed by atoms with Gasteiger partial charge in [-0.05, 0) is 56.3 Å². The number of hydrogen-bond acceptors (Lipinski definition) is 4. The Morgan fingerprint density at radius 3 is 2.42 bits per heavy atom. The van der Waals surface area contributed by atoms with Gasteiger partial charge in [-0.1, -0.05) is 17.7 Å². The number of rotatable bonds is 6. The summed E-state index contributed by atoms with van der Waals surface area (Å²) < 4.78 is 11.3. The average Bonchev–Trinajstić information content (AvgIpc) is 3.03. The van der Waals surface area contributed by atoms with Gasteiger partial charge in [-0.3, -0.25) is 9.59 Å². The molecule has 132 valence electrons. The van der Waals surface area contributed by atoms with E-state index in [9.17, 15) is 9.59 Å². The lowest BCUT2D eigenvalue weighted by atomic mass is 10.2. The third-order valence-electron chi connectivity index (χ3n) is 3.88. The summed E-state index contributed by atoms with van der Waals surface area (Å²) in [6.45, 7) is 4.00. The lowest BCUT2D eigenvalue weighted by Gasteiger charge is -2.05. The summed E-state index contributed by atoms with van der Waals surface area (Å²) in [5.74, 6) is 1.14. The van der Waals surface area contributed by atoms with E-state index in [-0.39, 0.29) is 18.3 Å². The second-order valence-corrected chi connectivity index (χ2v) is 6.02. The molecule has 1 aromatic heterocycles. The fraction of sp³-hybridized carbons (Fsp3) is 0.143.